The quantitative estimate of drug-likeness (QED) is 0.207. The summed E-state index contributed by atoms with van der Waals surface area (Å²) >= 11 is 0. The van der Waals surface area contributed by atoms with Gasteiger partial charge in [-0.05, 0) is 53.4 Å². The van der Waals surface area contributed by atoms with Gasteiger partial charge in [0, 0.05) is 38.6 Å². The van der Waals surface area contributed by atoms with Gasteiger partial charge in [-0.15, -0.1) is 0 Å². The number of nitrogens with zero attached hydrogens (tertiary/aromatic N) is 4. The molecular weight excluding hydrogens is 550 g/mol. The van der Waals surface area contributed by atoms with Crippen LogP contribution in [0, 0.1) is 6.92 Å². The monoisotopic (exact) mass is 589 g/mol. The van der Waals surface area contributed by atoms with Crippen molar-refractivity contribution in [3.8, 4) is 0 Å². The third-order valence-corrected chi connectivity index (χ3v) is 7.89. The van der Waals surface area contributed by atoms with Gasteiger partial charge in [0.15, 0.2) is 5.82 Å². The summed E-state index contributed by atoms with van der Waals surface area (Å²) in [7, 11) is 3.39. The number of aromatic nitrogens is 2. The topological polar surface area (TPSA) is 106 Å². The summed E-state index contributed by atoms with van der Waals surface area (Å²) in [5.41, 5.74) is 7.39. The third-order valence-electron chi connectivity index (χ3n) is 7.89. The number of likely N-dealkylation sites (N-methyl/N-ethyl adjacent to an activating group) is 2. The lowest BCUT2D eigenvalue weighted by Crippen LogP contribution is -2.50. The molecule has 1 unspecified atom stereocenters. The molecule has 0 radical (unpaired) electrons. The summed E-state index contributed by atoms with van der Waals surface area (Å²) in [6.45, 7) is 5.38. The molecule has 2 amide bonds. The lowest BCUT2D eigenvalue weighted by molar-refractivity contribution is -0.143. The number of carbonyl (C=O) groups is 2. The van der Waals surface area contributed by atoms with Gasteiger partial charge in [-0.1, -0.05) is 96.2 Å². The van der Waals surface area contributed by atoms with Crippen LogP contribution in [0.3, 0.4) is 0 Å². The van der Waals surface area contributed by atoms with Crippen molar-refractivity contribution >= 4 is 33.4 Å². The van der Waals surface area contributed by atoms with Crippen molar-refractivity contribution in [3.05, 3.63) is 120 Å². The smallest absolute Gasteiger partial charge is 0.249 e. The fourth-order valence-electron chi connectivity index (χ4n) is 5.35. The normalized spacial score (nSPS) is 13.3. The van der Waals surface area contributed by atoms with Gasteiger partial charge in [0.2, 0.25) is 17.7 Å². The maximum absolute atomic E-state index is 14.5. The minimum Gasteiger partial charge on any atom is -0.337 e. The Morgan fingerprint density at radius 3 is 1.91 bits per heavy atom. The van der Waals surface area contributed by atoms with Crippen LogP contribution in [0.25, 0.3) is 21.5 Å². The molecule has 44 heavy (non-hydrogen) atoms. The number of nitrogens with two attached hydrogens (primary N) is 1. The molecule has 2 N–H and O–H groups in total. The fraction of sp³-hybridized carbons (Fsp3) is 0.278. The molecule has 0 fully saturated rings. The van der Waals surface area contributed by atoms with Crippen LogP contribution < -0.4 is 5.73 Å². The predicted molar refractivity (Wildman–Crippen MR) is 174 cm³/mol. The van der Waals surface area contributed by atoms with Crippen LogP contribution in [0.4, 0.5) is 0 Å². The molecule has 1 aromatic heterocycles. The van der Waals surface area contributed by atoms with Gasteiger partial charge >= 0.3 is 0 Å². The van der Waals surface area contributed by atoms with Crippen molar-refractivity contribution in [1.29, 1.82) is 0 Å². The zero-order chi connectivity index (χ0) is 31.4. The van der Waals surface area contributed by atoms with E-state index >= 15 is 0 Å². The zero-order valence-corrected chi connectivity index (χ0v) is 25.9. The number of carbonyl (C=O) groups excluding carboxylic acids is 2. The number of benzene rings is 4. The van der Waals surface area contributed by atoms with Gasteiger partial charge in [-0.25, -0.2) is 0 Å². The average Bonchev–Trinajstić information content (AvgIpc) is 3.45. The second-order valence-electron chi connectivity index (χ2n) is 12.0. The van der Waals surface area contributed by atoms with E-state index in [1.165, 1.54) is 11.0 Å². The number of amides is 2. The van der Waals surface area contributed by atoms with Gasteiger partial charge in [-0.2, -0.15) is 4.98 Å². The Kier molecular flexibility index (Phi) is 8.92. The van der Waals surface area contributed by atoms with E-state index in [4.69, 9.17) is 10.3 Å². The fourth-order valence-corrected chi connectivity index (χ4v) is 5.35. The molecule has 2 atom stereocenters. The van der Waals surface area contributed by atoms with E-state index in [9.17, 15) is 9.59 Å². The molecular formula is C36H39N5O3. The van der Waals surface area contributed by atoms with Crippen LogP contribution in [0.15, 0.2) is 102 Å². The lowest BCUT2D eigenvalue weighted by Gasteiger charge is -2.33. The van der Waals surface area contributed by atoms with E-state index in [-0.39, 0.29) is 11.8 Å². The Labute approximate surface area is 258 Å². The molecule has 0 saturated carbocycles. The third kappa shape index (κ3) is 7.21. The molecule has 0 aliphatic heterocycles. The lowest BCUT2D eigenvalue weighted by atomic mass is 9.97. The molecule has 0 spiro atoms. The van der Waals surface area contributed by atoms with Crippen molar-refractivity contribution in [2.75, 3.05) is 14.1 Å². The number of aryl methyl sites for hydroxylation is 1. The summed E-state index contributed by atoms with van der Waals surface area (Å²) in [6, 6.07) is 27.2. The van der Waals surface area contributed by atoms with Crippen molar-refractivity contribution in [2.45, 2.75) is 51.2 Å². The van der Waals surface area contributed by atoms with Gasteiger partial charge in [-0.3, -0.25) is 9.59 Å². The molecule has 1 heterocycles. The first-order valence-corrected chi connectivity index (χ1v) is 14.8. The Bertz CT molecular complexity index is 1820. The maximum atomic E-state index is 14.5. The summed E-state index contributed by atoms with van der Waals surface area (Å²) in [5.74, 6) is 0.278. The second-order valence-corrected chi connectivity index (χ2v) is 12.0. The largest absolute Gasteiger partial charge is 0.337 e. The summed E-state index contributed by atoms with van der Waals surface area (Å²) in [5, 5.41) is 8.43. The maximum Gasteiger partial charge on any atom is 0.249 e. The Morgan fingerprint density at radius 1 is 0.841 bits per heavy atom. The van der Waals surface area contributed by atoms with Crippen LogP contribution in [0.5, 0.6) is 0 Å². The average molecular weight is 590 g/mol. The molecule has 5 aromatic rings. The summed E-state index contributed by atoms with van der Waals surface area (Å²) < 4.78 is 5.63. The first-order valence-electron chi connectivity index (χ1n) is 14.8. The summed E-state index contributed by atoms with van der Waals surface area (Å²) in [4.78, 5) is 35.5. The first kappa shape index (κ1) is 30.6. The molecule has 226 valence electrons. The van der Waals surface area contributed by atoms with Crippen LogP contribution in [0.1, 0.15) is 42.7 Å². The Hall–Kier alpha value is -4.82. The van der Waals surface area contributed by atoms with Gasteiger partial charge in [0.1, 0.15) is 12.1 Å². The SMILES string of the molecule is Cc1noc([C@@H](Cc2ccc3ccccc3c2)N(C)C(=O)C(Cc2ccc3ccccc3c2)N(C)C(=O)C=CC(C)(C)N)n1. The zero-order valence-electron chi connectivity index (χ0n) is 25.9. The number of rotatable bonds is 10. The van der Waals surface area contributed by atoms with Gasteiger partial charge < -0.3 is 20.1 Å². The van der Waals surface area contributed by atoms with Gasteiger partial charge in [0.05, 0.1) is 0 Å². The van der Waals surface area contributed by atoms with E-state index in [1.807, 2.05) is 62.4 Å². The minimum atomic E-state index is -0.803. The highest BCUT2D eigenvalue weighted by atomic mass is 16.5. The standard InChI is InChI=1S/C36H39N5O3/c1-24-38-34(44-39-24)31(22-25-14-16-27-10-6-8-12-29(27)20-25)41(5)35(43)32(40(4)33(42)18-19-36(2,3)37)23-26-15-17-28-11-7-9-13-30(28)21-26/h6-21,31-32H,22-23,37H2,1-5H3/t31-,32?/m1/s1. The highest BCUT2D eigenvalue weighted by Gasteiger charge is 2.35. The van der Waals surface area contributed by atoms with Crippen LogP contribution in [-0.4, -0.2) is 57.4 Å². The number of hydrogen-bond acceptors (Lipinski definition) is 6. The van der Waals surface area contributed by atoms with Crippen molar-refractivity contribution < 1.29 is 14.1 Å². The van der Waals surface area contributed by atoms with Crippen molar-refractivity contribution in [2.24, 2.45) is 5.73 Å². The van der Waals surface area contributed by atoms with Crippen LogP contribution >= 0.6 is 0 Å². The number of hydrogen-bond donors (Lipinski definition) is 1. The van der Waals surface area contributed by atoms with E-state index < -0.39 is 17.6 Å². The molecule has 0 saturated heterocycles. The molecule has 5 rings (SSSR count). The Morgan fingerprint density at radius 2 is 1.39 bits per heavy atom. The molecule has 8 nitrogen and oxygen atoms in total. The summed E-state index contributed by atoms with van der Waals surface area (Å²) in [6.07, 6.45) is 3.86. The molecule has 0 aliphatic carbocycles. The second kappa shape index (κ2) is 12.8. The van der Waals surface area contributed by atoms with Crippen molar-refractivity contribution in [1.82, 2.24) is 19.9 Å². The van der Waals surface area contributed by atoms with Crippen molar-refractivity contribution in [3.63, 3.8) is 0 Å². The molecule has 0 bridgehead atoms. The minimum absolute atomic E-state index is 0.240. The molecule has 4 aromatic carbocycles. The van der Waals surface area contributed by atoms with E-state index in [0.717, 1.165) is 32.7 Å². The molecule has 0 aliphatic rings. The van der Waals surface area contributed by atoms with Gasteiger partial charge in [0.25, 0.3) is 0 Å². The van der Waals surface area contributed by atoms with Crippen LogP contribution in [0.2, 0.25) is 0 Å². The number of fused-ring (bicyclic) bond motifs is 2. The highest BCUT2D eigenvalue weighted by molar-refractivity contribution is 5.93. The van der Waals surface area contributed by atoms with E-state index in [1.54, 1.807) is 32.0 Å². The first-order chi connectivity index (χ1) is 21.0. The highest BCUT2D eigenvalue weighted by Crippen LogP contribution is 2.27. The van der Waals surface area contributed by atoms with E-state index in [2.05, 4.69) is 46.5 Å². The van der Waals surface area contributed by atoms with Crippen LogP contribution in [-0.2, 0) is 22.4 Å². The van der Waals surface area contributed by atoms with E-state index in [0.29, 0.717) is 24.6 Å². The molecule has 8 heteroatoms. The predicted octanol–water partition coefficient (Wildman–Crippen LogP) is 5.79. The Balaban J connectivity index is 1.49.